The third-order valence-electron chi connectivity index (χ3n) is 2.57. The summed E-state index contributed by atoms with van der Waals surface area (Å²) < 4.78 is 6.94. The van der Waals surface area contributed by atoms with Crippen LogP contribution >= 0.6 is 0 Å². The lowest BCUT2D eigenvalue weighted by Crippen LogP contribution is -2.37. The molecular formula is C12H13N3O3. The molecule has 94 valence electrons. The third kappa shape index (κ3) is 2.27. The highest BCUT2D eigenvalue weighted by Gasteiger charge is 2.09. The van der Waals surface area contributed by atoms with Gasteiger partial charge in [0, 0.05) is 11.6 Å². The molecule has 1 heterocycles. The van der Waals surface area contributed by atoms with E-state index in [9.17, 15) is 9.59 Å². The van der Waals surface area contributed by atoms with Crippen LogP contribution in [0.3, 0.4) is 0 Å². The van der Waals surface area contributed by atoms with Crippen molar-refractivity contribution in [3.05, 3.63) is 30.5 Å². The van der Waals surface area contributed by atoms with E-state index in [0.717, 1.165) is 16.7 Å². The maximum atomic E-state index is 11.5. The minimum Gasteiger partial charge on any atom is -0.496 e. The lowest BCUT2D eigenvalue weighted by atomic mass is 10.2. The summed E-state index contributed by atoms with van der Waals surface area (Å²) in [5.41, 5.74) is 5.74. The molecule has 0 unspecified atom stereocenters. The van der Waals surface area contributed by atoms with Crippen LogP contribution in [0.5, 0.6) is 5.75 Å². The van der Waals surface area contributed by atoms with Gasteiger partial charge < -0.3 is 15.0 Å². The van der Waals surface area contributed by atoms with Crippen LogP contribution in [0, 0.1) is 0 Å². The lowest BCUT2D eigenvalue weighted by Gasteiger charge is -2.06. The number of carbonyl (C=O) groups is 2. The summed E-state index contributed by atoms with van der Waals surface area (Å²) >= 11 is 0. The van der Waals surface area contributed by atoms with Crippen LogP contribution in [-0.2, 0) is 11.3 Å². The van der Waals surface area contributed by atoms with Crippen LogP contribution in [-0.4, -0.2) is 23.6 Å². The number of nitrogens with one attached hydrogen (secondary N) is 1. The predicted octanol–water partition coefficient (Wildman–Crippen LogP) is 0.845. The van der Waals surface area contributed by atoms with Crippen LogP contribution in [0.1, 0.15) is 0 Å². The van der Waals surface area contributed by atoms with Crippen molar-refractivity contribution in [1.29, 1.82) is 0 Å². The number of hydrogen-bond donors (Lipinski definition) is 2. The molecule has 18 heavy (non-hydrogen) atoms. The number of nitrogens with two attached hydrogens (primary N) is 1. The molecule has 6 heteroatoms. The van der Waals surface area contributed by atoms with Gasteiger partial charge in [-0.3, -0.25) is 10.1 Å². The molecule has 0 aliphatic carbocycles. The molecule has 0 aliphatic heterocycles. The Balaban J connectivity index is 2.30. The molecule has 0 spiro atoms. The molecule has 0 atom stereocenters. The molecule has 0 saturated heterocycles. The Morgan fingerprint density at radius 2 is 2.17 bits per heavy atom. The maximum Gasteiger partial charge on any atom is 0.318 e. The second-order valence-corrected chi connectivity index (χ2v) is 3.75. The minimum absolute atomic E-state index is 0.0274. The number of rotatable bonds is 3. The fourth-order valence-electron chi connectivity index (χ4n) is 1.84. The lowest BCUT2D eigenvalue weighted by molar-refractivity contribution is -0.120. The smallest absolute Gasteiger partial charge is 0.318 e. The summed E-state index contributed by atoms with van der Waals surface area (Å²) in [7, 11) is 1.59. The Morgan fingerprint density at radius 3 is 2.83 bits per heavy atom. The van der Waals surface area contributed by atoms with Crippen molar-refractivity contribution >= 4 is 22.8 Å². The van der Waals surface area contributed by atoms with Gasteiger partial charge in [0.25, 0.3) is 0 Å². The van der Waals surface area contributed by atoms with Gasteiger partial charge in [-0.2, -0.15) is 0 Å². The Kier molecular flexibility index (Phi) is 3.18. The summed E-state index contributed by atoms with van der Waals surface area (Å²) in [6, 6.07) is 6.55. The molecule has 1 aromatic heterocycles. The second kappa shape index (κ2) is 4.79. The Hall–Kier alpha value is -2.50. The van der Waals surface area contributed by atoms with E-state index in [1.54, 1.807) is 17.9 Å². The standard InChI is InChI=1S/C12H13N3O3/c1-18-10-4-2-3-9-8(10)5-6-15(9)7-11(16)14-12(13)17/h2-6H,7H2,1H3,(H3,13,14,16,17). The van der Waals surface area contributed by atoms with E-state index in [-0.39, 0.29) is 6.54 Å². The van der Waals surface area contributed by atoms with Crippen molar-refractivity contribution in [1.82, 2.24) is 9.88 Å². The quantitative estimate of drug-likeness (QED) is 0.842. The fourth-order valence-corrected chi connectivity index (χ4v) is 1.84. The van der Waals surface area contributed by atoms with E-state index < -0.39 is 11.9 Å². The Morgan fingerprint density at radius 1 is 1.39 bits per heavy atom. The SMILES string of the molecule is COc1cccc2c1ccn2CC(=O)NC(N)=O. The number of primary amides is 1. The number of amides is 3. The number of aromatic nitrogens is 1. The first-order chi connectivity index (χ1) is 8.61. The summed E-state index contributed by atoms with van der Waals surface area (Å²) in [4.78, 5) is 22.0. The summed E-state index contributed by atoms with van der Waals surface area (Å²) in [6.45, 7) is 0.0274. The van der Waals surface area contributed by atoms with E-state index in [2.05, 4.69) is 0 Å². The van der Waals surface area contributed by atoms with E-state index >= 15 is 0 Å². The average Bonchev–Trinajstić information content (AvgIpc) is 2.71. The Bertz CT molecular complexity index is 604. The first-order valence-electron chi connectivity index (χ1n) is 5.33. The molecule has 3 N–H and O–H groups in total. The molecule has 1 aromatic carbocycles. The molecule has 6 nitrogen and oxygen atoms in total. The largest absolute Gasteiger partial charge is 0.496 e. The van der Waals surface area contributed by atoms with Crippen molar-refractivity contribution in [2.24, 2.45) is 5.73 Å². The number of ether oxygens (including phenoxy) is 1. The zero-order valence-electron chi connectivity index (χ0n) is 9.84. The number of hydrogen-bond acceptors (Lipinski definition) is 3. The molecule has 0 bridgehead atoms. The topological polar surface area (TPSA) is 86.3 Å². The monoisotopic (exact) mass is 247 g/mol. The highest BCUT2D eigenvalue weighted by molar-refractivity contribution is 5.94. The van der Waals surface area contributed by atoms with Gasteiger partial charge in [-0.05, 0) is 18.2 Å². The zero-order chi connectivity index (χ0) is 13.1. The van der Waals surface area contributed by atoms with Crippen LogP contribution in [0.4, 0.5) is 4.79 Å². The number of urea groups is 1. The molecular weight excluding hydrogens is 234 g/mol. The van der Waals surface area contributed by atoms with Gasteiger partial charge in [-0.25, -0.2) is 4.79 Å². The van der Waals surface area contributed by atoms with Gasteiger partial charge in [0.2, 0.25) is 5.91 Å². The van der Waals surface area contributed by atoms with Crippen LogP contribution in [0.2, 0.25) is 0 Å². The van der Waals surface area contributed by atoms with Crippen molar-refractivity contribution < 1.29 is 14.3 Å². The number of benzene rings is 1. The molecule has 0 fully saturated rings. The van der Waals surface area contributed by atoms with Crippen molar-refractivity contribution in [3.8, 4) is 5.75 Å². The first kappa shape index (κ1) is 12.0. The number of methoxy groups -OCH3 is 1. The van der Waals surface area contributed by atoms with Crippen molar-refractivity contribution in [3.63, 3.8) is 0 Å². The summed E-state index contributed by atoms with van der Waals surface area (Å²) in [5, 5.41) is 2.93. The number of fused-ring (bicyclic) bond motifs is 1. The highest BCUT2D eigenvalue weighted by atomic mass is 16.5. The number of nitrogens with zero attached hydrogens (tertiary/aromatic N) is 1. The van der Waals surface area contributed by atoms with Crippen LogP contribution in [0.25, 0.3) is 10.9 Å². The molecule has 3 amide bonds. The normalized spacial score (nSPS) is 10.3. The Labute approximate surface area is 103 Å². The molecule has 2 rings (SSSR count). The van der Waals surface area contributed by atoms with E-state index in [1.165, 1.54) is 0 Å². The van der Waals surface area contributed by atoms with E-state index in [0.29, 0.717) is 0 Å². The van der Waals surface area contributed by atoms with E-state index in [4.69, 9.17) is 10.5 Å². The maximum absolute atomic E-state index is 11.5. The molecule has 2 aromatic rings. The third-order valence-corrected chi connectivity index (χ3v) is 2.57. The highest BCUT2D eigenvalue weighted by Crippen LogP contribution is 2.25. The van der Waals surface area contributed by atoms with Crippen LogP contribution < -0.4 is 15.8 Å². The first-order valence-corrected chi connectivity index (χ1v) is 5.33. The zero-order valence-corrected chi connectivity index (χ0v) is 9.84. The molecule has 0 saturated carbocycles. The molecule has 0 aliphatic rings. The predicted molar refractivity (Wildman–Crippen MR) is 66.2 cm³/mol. The van der Waals surface area contributed by atoms with Crippen LogP contribution in [0.15, 0.2) is 30.5 Å². The number of imide groups is 1. The van der Waals surface area contributed by atoms with Gasteiger partial charge in [0.1, 0.15) is 12.3 Å². The summed E-state index contributed by atoms with van der Waals surface area (Å²) in [5.74, 6) is 0.282. The van der Waals surface area contributed by atoms with E-state index in [1.807, 2.05) is 29.6 Å². The average molecular weight is 247 g/mol. The van der Waals surface area contributed by atoms with Crippen molar-refractivity contribution in [2.75, 3.05) is 7.11 Å². The van der Waals surface area contributed by atoms with Gasteiger partial charge in [-0.15, -0.1) is 0 Å². The van der Waals surface area contributed by atoms with Gasteiger partial charge >= 0.3 is 6.03 Å². The van der Waals surface area contributed by atoms with Gasteiger partial charge in [-0.1, -0.05) is 6.07 Å². The minimum atomic E-state index is -0.853. The van der Waals surface area contributed by atoms with Crippen molar-refractivity contribution in [2.45, 2.75) is 6.54 Å². The van der Waals surface area contributed by atoms with Gasteiger partial charge in [0.15, 0.2) is 0 Å². The summed E-state index contributed by atoms with van der Waals surface area (Å²) in [6.07, 6.45) is 1.76. The number of carbonyl (C=O) groups excluding carboxylic acids is 2. The van der Waals surface area contributed by atoms with Gasteiger partial charge in [0.05, 0.1) is 12.6 Å². The second-order valence-electron chi connectivity index (χ2n) is 3.75. The molecule has 0 radical (unpaired) electrons. The fraction of sp³-hybridized carbons (Fsp3) is 0.167.